The largest absolute Gasteiger partial charge is 0.342 e. The van der Waals surface area contributed by atoms with E-state index in [2.05, 4.69) is 0 Å². The maximum absolute atomic E-state index is 12.2. The van der Waals surface area contributed by atoms with Crippen LogP contribution in [-0.2, 0) is 4.79 Å². The van der Waals surface area contributed by atoms with E-state index < -0.39 is 6.43 Å². The van der Waals surface area contributed by atoms with E-state index in [-0.39, 0.29) is 25.5 Å². The predicted octanol–water partition coefficient (Wildman–Crippen LogP) is 0.133. The zero-order valence-electron chi connectivity index (χ0n) is 9.53. The highest BCUT2D eigenvalue weighted by atomic mass is 19.3. The molecule has 1 amide bonds. The van der Waals surface area contributed by atoms with Crippen molar-refractivity contribution in [3.8, 4) is 0 Å². The molecule has 0 radical (unpaired) electrons. The van der Waals surface area contributed by atoms with Gasteiger partial charge in [-0.3, -0.25) is 9.69 Å². The first kappa shape index (κ1) is 13.3. The van der Waals surface area contributed by atoms with Crippen LogP contribution in [0, 0.1) is 0 Å². The van der Waals surface area contributed by atoms with E-state index in [1.54, 1.807) is 11.9 Å². The van der Waals surface area contributed by atoms with Gasteiger partial charge in [0.2, 0.25) is 5.91 Å². The Morgan fingerprint density at radius 2 is 2.12 bits per heavy atom. The second-order valence-corrected chi connectivity index (χ2v) is 4.15. The van der Waals surface area contributed by atoms with Crippen LogP contribution >= 0.6 is 0 Å². The number of carbonyl (C=O) groups is 1. The number of nitrogens with two attached hydrogens (primary N) is 1. The molecule has 4 nitrogen and oxygen atoms in total. The molecule has 16 heavy (non-hydrogen) atoms. The number of nitrogens with zero attached hydrogens (tertiary/aromatic N) is 2. The lowest BCUT2D eigenvalue weighted by Crippen LogP contribution is -2.43. The fourth-order valence-corrected chi connectivity index (χ4v) is 1.58. The van der Waals surface area contributed by atoms with E-state index in [1.165, 1.54) is 4.90 Å². The minimum Gasteiger partial charge on any atom is -0.342 e. The summed E-state index contributed by atoms with van der Waals surface area (Å²) in [6.45, 7) is 0.262. The second kappa shape index (κ2) is 6.10. The molecule has 1 aliphatic carbocycles. The van der Waals surface area contributed by atoms with Gasteiger partial charge in [-0.25, -0.2) is 8.78 Å². The van der Waals surface area contributed by atoms with Gasteiger partial charge in [-0.05, 0) is 12.8 Å². The maximum atomic E-state index is 12.2. The van der Waals surface area contributed by atoms with Crippen molar-refractivity contribution in [3.63, 3.8) is 0 Å². The highest BCUT2D eigenvalue weighted by Gasteiger charge is 2.30. The Balaban J connectivity index is 2.36. The maximum Gasteiger partial charge on any atom is 0.251 e. The monoisotopic (exact) mass is 235 g/mol. The Labute approximate surface area is 94.4 Å². The number of likely N-dealkylation sites (N-methyl/N-ethyl adjacent to an activating group) is 1. The molecule has 0 unspecified atom stereocenters. The molecule has 0 aliphatic heterocycles. The lowest BCUT2D eigenvalue weighted by Gasteiger charge is -2.24. The van der Waals surface area contributed by atoms with Gasteiger partial charge in [-0.1, -0.05) is 0 Å². The third kappa shape index (κ3) is 4.40. The number of halogens is 2. The standard InChI is InChI=1S/C10H19F2N3O/c1-14(8-2-3-8)10(16)7-15(5-4-13)6-9(11)12/h8-9H,2-7,13H2,1H3. The van der Waals surface area contributed by atoms with Gasteiger partial charge in [-0.15, -0.1) is 0 Å². The van der Waals surface area contributed by atoms with Crippen LogP contribution < -0.4 is 5.73 Å². The Bertz CT molecular complexity index is 234. The summed E-state index contributed by atoms with van der Waals surface area (Å²) in [5.41, 5.74) is 5.32. The summed E-state index contributed by atoms with van der Waals surface area (Å²) in [4.78, 5) is 14.7. The van der Waals surface area contributed by atoms with Crippen LogP contribution in [0.25, 0.3) is 0 Å². The summed E-state index contributed by atoms with van der Waals surface area (Å²) in [6.07, 6.45) is -0.382. The summed E-state index contributed by atoms with van der Waals surface area (Å²) in [7, 11) is 1.73. The number of carbonyl (C=O) groups excluding carboxylic acids is 1. The van der Waals surface area contributed by atoms with Gasteiger partial charge in [0.1, 0.15) is 0 Å². The van der Waals surface area contributed by atoms with Crippen LogP contribution in [0.15, 0.2) is 0 Å². The molecule has 0 heterocycles. The van der Waals surface area contributed by atoms with Crippen molar-refractivity contribution in [1.82, 2.24) is 9.80 Å². The van der Waals surface area contributed by atoms with Gasteiger partial charge in [0.25, 0.3) is 6.43 Å². The summed E-state index contributed by atoms with van der Waals surface area (Å²) < 4.78 is 24.4. The van der Waals surface area contributed by atoms with Crippen LogP contribution in [0.1, 0.15) is 12.8 Å². The smallest absolute Gasteiger partial charge is 0.251 e. The lowest BCUT2D eigenvalue weighted by atomic mass is 10.4. The van der Waals surface area contributed by atoms with Crippen LogP contribution in [0.4, 0.5) is 8.78 Å². The van der Waals surface area contributed by atoms with Crippen LogP contribution in [0.2, 0.25) is 0 Å². The highest BCUT2D eigenvalue weighted by Crippen LogP contribution is 2.25. The van der Waals surface area contributed by atoms with E-state index in [1.807, 2.05) is 0 Å². The van der Waals surface area contributed by atoms with Gasteiger partial charge >= 0.3 is 0 Å². The lowest BCUT2D eigenvalue weighted by molar-refractivity contribution is -0.132. The van der Waals surface area contributed by atoms with Crippen LogP contribution in [-0.4, -0.2) is 61.4 Å². The Morgan fingerprint density at radius 1 is 1.50 bits per heavy atom. The molecule has 2 N–H and O–H groups in total. The number of hydrogen-bond donors (Lipinski definition) is 1. The zero-order chi connectivity index (χ0) is 12.1. The third-order valence-electron chi connectivity index (χ3n) is 2.69. The number of alkyl halides is 2. The van der Waals surface area contributed by atoms with Crippen molar-refractivity contribution in [2.24, 2.45) is 5.73 Å². The predicted molar refractivity (Wildman–Crippen MR) is 57.3 cm³/mol. The van der Waals surface area contributed by atoms with E-state index in [9.17, 15) is 13.6 Å². The average molecular weight is 235 g/mol. The minimum atomic E-state index is -2.43. The molecule has 0 aromatic heterocycles. The average Bonchev–Trinajstić information content (AvgIpc) is 2.99. The zero-order valence-corrected chi connectivity index (χ0v) is 9.53. The molecular weight excluding hydrogens is 216 g/mol. The molecule has 0 aromatic rings. The number of amides is 1. The molecule has 0 atom stereocenters. The molecule has 94 valence electrons. The van der Waals surface area contributed by atoms with Gasteiger partial charge < -0.3 is 10.6 Å². The fourth-order valence-electron chi connectivity index (χ4n) is 1.58. The quantitative estimate of drug-likeness (QED) is 0.682. The topological polar surface area (TPSA) is 49.6 Å². The summed E-state index contributed by atoms with van der Waals surface area (Å²) in [5.74, 6) is -0.100. The first-order valence-corrected chi connectivity index (χ1v) is 5.50. The molecule has 0 spiro atoms. The molecule has 0 bridgehead atoms. The molecular formula is C10H19F2N3O. The minimum absolute atomic E-state index is 0.0362. The first-order valence-electron chi connectivity index (χ1n) is 5.50. The molecule has 1 rings (SSSR count). The second-order valence-electron chi connectivity index (χ2n) is 4.15. The normalized spacial score (nSPS) is 15.9. The van der Waals surface area contributed by atoms with Gasteiger partial charge in [0, 0.05) is 26.2 Å². The van der Waals surface area contributed by atoms with Crippen LogP contribution in [0.5, 0.6) is 0 Å². The number of hydrogen-bond acceptors (Lipinski definition) is 3. The van der Waals surface area contributed by atoms with Gasteiger partial charge in [0.05, 0.1) is 13.1 Å². The Hall–Kier alpha value is -0.750. The van der Waals surface area contributed by atoms with Crippen molar-refractivity contribution >= 4 is 5.91 Å². The molecule has 0 saturated heterocycles. The molecule has 1 aliphatic rings. The Kier molecular flexibility index (Phi) is 5.08. The molecule has 0 aromatic carbocycles. The molecule has 1 saturated carbocycles. The van der Waals surface area contributed by atoms with Crippen molar-refractivity contribution in [3.05, 3.63) is 0 Å². The number of rotatable bonds is 7. The van der Waals surface area contributed by atoms with Gasteiger partial charge in [0.15, 0.2) is 0 Å². The highest BCUT2D eigenvalue weighted by molar-refractivity contribution is 5.78. The fraction of sp³-hybridized carbons (Fsp3) is 0.900. The SMILES string of the molecule is CN(C(=O)CN(CCN)CC(F)F)C1CC1. The van der Waals surface area contributed by atoms with Crippen molar-refractivity contribution in [2.75, 3.05) is 33.2 Å². The first-order chi connectivity index (χ1) is 7.54. The Morgan fingerprint density at radius 3 is 2.56 bits per heavy atom. The third-order valence-corrected chi connectivity index (χ3v) is 2.69. The summed E-state index contributed by atoms with van der Waals surface area (Å²) >= 11 is 0. The van der Waals surface area contributed by atoms with Gasteiger partial charge in [-0.2, -0.15) is 0 Å². The summed E-state index contributed by atoms with van der Waals surface area (Å²) in [6, 6.07) is 0.318. The van der Waals surface area contributed by atoms with Crippen LogP contribution in [0.3, 0.4) is 0 Å². The van der Waals surface area contributed by atoms with Crippen molar-refractivity contribution in [1.29, 1.82) is 0 Å². The van der Waals surface area contributed by atoms with E-state index in [0.717, 1.165) is 12.8 Å². The summed E-state index contributed by atoms with van der Waals surface area (Å²) in [5, 5.41) is 0. The van der Waals surface area contributed by atoms with Crippen molar-refractivity contribution in [2.45, 2.75) is 25.3 Å². The van der Waals surface area contributed by atoms with E-state index in [4.69, 9.17) is 5.73 Å². The van der Waals surface area contributed by atoms with E-state index in [0.29, 0.717) is 12.6 Å². The molecule has 6 heteroatoms. The molecule has 1 fully saturated rings. The van der Waals surface area contributed by atoms with Crippen molar-refractivity contribution < 1.29 is 13.6 Å². The van der Waals surface area contributed by atoms with E-state index >= 15 is 0 Å².